The Morgan fingerprint density at radius 3 is 2.44 bits per heavy atom. The van der Waals surface area contributed by atoms with Crippen molar-refractivity contribution in [3.8, 4) is 11.5 Å². The first-order valence-electron chi connectivity index (χ1n) is 7.93. The lowest BCUT2D eigenvalue weighted by molar-refractivity contribution is -0.157. The number of alkyl halides is 3. The van der Waals surface area contributed by atoms with E-state index in [2.05, 4.69) is 10.3 Å². The fourth-order valence-electron chi connectivity index (χ4n) is 1.95. The number of halogens is 4. The van der Waals surface area contributed by atoms with Gasteiger partial charge in [-0.3, -0.25) is 4.79 Å². The van der Waals surface area contributed by atoms with Gasteiger partial charge in [0.2, 0.25) is 5.91 Å². The van der Waals surface area contributed by atoms with Crippen molar-refractivity contribution < 1.29 is 27.4 Å². The number of hydrogen-bond acceptors (Lipinski definition) is 4. The van der Waals surface area contributed by atoms with Gasteiger partial charge in [-0.05, 0) is 26.0 Å². The van der Waals surface area contributed by atoms with Gasteiger partial charge in [-0.15, -0.1) is 24.0 Å². The fraction of sp³-hybridized carbons (Fsp3) is 0.500. The van der Waals surface area contributed by atoms with Gasteiger partial charge < -0.3 is 25.4 Å². The van der Waals surface area contributed by atoms with E-state index >= 15 is 0 Å². The zero-order chi connectivity index (χ0) is 19.7. The Hall–Kier alpha value is -1.92. The summed E-state index contributed by atoms with van der Waals surface area (Å²) in [5, 5.41) is 2.77. The number of carbonyl (C=O) groups is 1. The van der Waals surface area contributed by atoms with Crippen molar-refractivity contribution in [2.24, 2.45) is 10.7 Å². The molecule has 27 heavy (non-hydrogen) atoms. The smallest absolute Gasteiger partial charge is 0.406 e. The lowest BCUT2D eigenvalue weighted by Gasteiger charge is -2.18. The van der Waals surface area contributed by atoms with Gasteiger partial charge in [0, 0.05) is 13.1 Å². The molecule has 0 aromatic heterocycles. The Labute approximate surface area is 173 Å². The standard InChI is InChI=1S/C16H23F3N4O3.HI/c1-4-25-11-6-7-13(26-5-2)12(8-11)22-15(20)21-9-14(24)23(3)10-16(17,18)19;/h6-8H,4-5,9-10H2,1-3H3,(H3,20,21,22);1H. The molecule has 0 aliphatic carbocycles. The van der Waals surface area contributed by atoms with Crippen molar-refractivity contribution in [2.45, 2.75) is 20.0 Å². The molecule has 0 bridgehead atoms. The van der Waals surface area contributed by atoms with Crippen LogP contribution in [0.3, 0.4) is 0 Å². The number of nitrogens with two attached hydrogens (primary N) is 1. The van der Waals surface area contributed by atoms with Crippen LogP contribution in [-0.2, 0) is 4.79 Å². The van der Waals surface area contributed by atoms with Gasteiger partial charge in [0.1, 0.15) is 24.6 Å². The van der Waals surface area contributed by atoms with Gasteiger partial charge >= 0.3 is 6.18 Å². The number of benzene rings is 1. The predicted molar refractivity (Wildman–Crippen MR) is 108 cm³/mol. The number of aliphatic imine (C=N–C) groups is 1. The SMILES string of the molecule is CCOc1ccc(OCC)c(NC(N)=NCC(=O)N(C)CC(F)(F)F)c1.I. The van der Waals surface area contributed by atoms with E-state index in [1.165, 1.54) is 0 Å². The Balaban J connectivity index is 0.00000676. The van der Waals surface area contributed by atoms with E-state index in [-0.39, 0.29) is 29.9 Å². The van der Waals surface area contributed by atoms with Crippen molar-refractivity contribution in [1.29, 1.82) is 0 Å². The van der Waals surface area contributed by atoms with Crippen LogP contribution in [0.1, 0.15) is 13.8 Å². The lowest BCUT2D eigenvalue weighted by Crippen LogP contribution is -2.37. The molecule has 0 unspecified atom stereocenters. The van der Waals surface area contributed by atoms with E-state index in [4.69, 9.17) is 15.2 Å². The van der Waals surface area contributed by atoms with Crippen LogP contribution in [0, 0.1) is 0 Å². The zero-order valence-electron chi connectivity index (χ0n) is 15.3. The van der Waals surface area contributed by atoms with E-state index in [1.807, 2.05) is 13.8 Å². The highest BCUT2D eigenvalue weighted by Crippen LogP contribution is 2.29. The molecule has 0 saturated heterocycles. The van der Waals surface area contributed by atoms with Gasteiger partial charge in [0.05, 0.1) is 18.9 Å². The topological polar surface area (TPSA) is 89.2 Å². The molecule has 11 heteroatoms. The molecule has 1 aromatic rings. The Bertz CT molecular complexity index is 642. The summed E-state index contributed by atoms with van der Waals surface area (Å²) in [4.78, 5) is 16.0. The molecule has 3 N–H and O–H groups in total. The summed E-state index contributed by atoms with van der Waals surface area (Å²) in [6.07, 6.45) is -4.47. The number of rotatable bonds is 8. The Kier molecular flexibility index (Phi) is 10.9. The zero-order valence-corrected chi connectivity index (χ0v) is 17.6. The molecule has 1 amide bonds. The van der Waals surface area contributed by atoms with Gasteiger partial charge in [0.25, 0.3) is 0 Å². The third-order valence-corrected chi connectivity index (χ3v) is 3.05. The maximum absolute atomic E-state index is 12.3. The summed E-state index contributed by atoms with van der Waals surface area (Å²) in [5.41, 5.74) is 6.19. The van der Waals surface area contributed by atoms with Crippen LogP contribution in [0.15, 0.2) is 23.2 Å². The number of carbonyl (C=O) groups excluding carboxylic acids is 1. The van der Waals surface area contributed by atoms with E-state index in [9.17, 15) is 18.0 Å². The van der Waals surface area contributed by atoms with Crippen molar-refractivity contribution in [2.75, 3.05) is 38.7 Å². The average Bonchev–Trinajstić information content (AvgIpc) is 2.54. The van der Waals surface area contributed by atoms with E-state index in [1.54, 1.807) is 18.2 Å². The number of ether oxygens (including phenoxy) is 2. The van der Waals surface area contributed by atoms with Crippen LogP contribution in [-0.4, -0.2) is 56.3 Å². The summed E-state index contributed by atoms with van der Waals surface area (Å²) in [6.45, 7) is 2.67. The first kappa shape index (κ1) is 25.1. The monoisotopic (exact) mass is 504 g/mol. The largest absolute Gasteiger partial charge is 0.494 e. The van der Waals surface area contributed by atoms with E-state index in [0.29, 0.717) is 35.3 Å². The molecule has 0 spiro atoms. The van der Waals surface area contributed by atoms with Crippen LogP contribution in [0.5, 0.6) is 11.5 Å². The maximum atomic E-state index is 12.3. The molecule has 0 heterocycles. The minimum absolute atomic E-state index is 0. The number of anilines is 1. The third-order valence-electron chi connectivity index (χ3n) is 3.05. The highest BCUT2D eigenvalue weighted by molar-refractivity contribution is 14.0. The minimum Gasteiger partial charge on any atom is -0.494 e. The summed E-state index contributed by atoms with van der Waals surface area (Å²) in [6, 6.07) is 5.06. The van der Waals surface area contributed by atoms with Crippen molar-refractivity contribution in [1.82, 2.24) is 4.90 Å². The Morgan fingerprint density at radius 1 is 1.26 bits per heavy atom. The summed E-state index contributed by atoms with van der Waals surface area (Å²) < 4.78 is 47.7. The van der Waals surface area contributed by atoms with Crippen LogP contribution >= 0.6 is 24.0 Å². The number of amides is 1. The molecular weight excluding hydrogens is 480 g/mol. The molecule has 1 rings (SSSR count). The number of nitrogens with zero attached hydrogens (tertiary/aromatic N) is 2. The second-order valence-corrected chi connectivity index (χ2v) is 5.22. The number of nitrogens with one attached hydrogen (secondary N) is 1. The highest BCUT2D eigenvalue weighted by atomic mass is 127. The van der Waals surface area contributed by atoms with Crippen molar-refractivity contribution in [3.63, 3.8) is 0 Å². The number of hydrogen-bond donors (Lipinski definition) is 2. The summed E-state index contributed by atoms with van der Waals surface area (Å²) >= 11 is 0. The first-order valence-corrected chi connectivity index (χ1v) is 7.93. The van der Waals surface area contributed by atoms with Crippen molar-refractivity contribution in [3.05, 3.63) is 18.2 Å². The maximum Gasteiger partial charge on any atom is 0.406 e. The van der Waals surface area contributed by atoms with Crippen LogP contribution in [0.25, 0.3) is 0 Å². The van der Waals surface area contributed by atoms with E-state index in [0.717, 1.165) is 7.05 Å². The molecule has 0 radical (unpaired) electrons. The molecular formula is C16H24F3IN4O3. The number of likely N-dealkylation sites (N-methyl/N-ethyl adjacent to an activating group) is 1. The lowest BCUT2D eigenvalue weighted by atomic mass is 10.2. The highest BCUT2D eigenvalue weighted by Gasteiger charge is 2.30. The van der Waals surface area contributed by atoms with Crippen LogP contribution in [0.4, 0.5) is 18.9 Å². The Morgan fingerprint density at radius 2 is 1.89 bits per heavy atom. The van der Waals surface area contributed by atoms with Crippen molar-refractivity contribution >= 4 is 41.5 Å². The summed E-state index contributed by atoms with van der Waals surface area (Å²) in [7, 11) is 1.05. The summed E-state index contributed by atoms with van der Waals surface area (Å²) in [5.74, 6) is 0.135. The molecule has 0 saturated carbocycles. The number of guanidine groups is 1. The van der Waals surface area contributed by atoms with Gasteiger partial charge in [-0.2, -0.15) is 13.2 Å². The third kappa shape index (κ3) is 9.54. The fourth-order valence-corrected chi connectivity index (χ4v) is 1.95. The molecule has 154 valence electrons. The van der Waals surface area contributed by atoms with Crippen LogP contribution < -0.4 is 20.5 Å². The van der Waals surface area contributed by atoms with Crippen LogP contribution in [0.2, 0.25) is 0 Å². The van der Waals surface area contributed by atoms with Gasteiger partial charge in [0.15, 0.2) is 5.96 Å². The van der Waals surface area contributed by atoms with Gasteiger partial charge in [-0.25, -0.2) is 4.99 Å². The normalized spacial score (nSPS) is 11.4. The van der Waals surface area contributed by atoms with E-state index < -0.39 is 25.2 Å². The molecule has 7 nitrogen and oxygen atoms in total. The van der Waals surface area contributed by atoms with Gasteiger partial charge in [-0.1, -0.05) is 0 Å². The minimum atomic E-state index is -4.47. The molecule has 0 aliphatic rings. The molecule has 0 aliphatic heterocycles. The quantitative estimate of drug-likeness (QED) is 0.323. The molecule has 0 atom stereocenters. The average molecular weight is 504 g/mol. The molecule has 1 aromatic carbocycles. The second-order valence-electron chi connectivity index (χ2n) is 5.22. The first-order chi connectivity index (χ1) is 12.2. The molecule has 0 fully saturated rings. The second kappa shape index (κ2) is 11.7. The predicted octanol–water partition coefficient (Wildman–Crippen LogP) is 2.85.